The summed E-state index contributed by atoms with van der Waals surface area (Å²) in [4.78, 5) is 18.9. The van der Waals surface area contributed by atoms with E-state index in [9.17, 15) is 4.79 Å². The van der Waals surface area contributed by atoms with E-state index in [0.717, 1.165) is 49.7 Å². The summed E-state index contributed by atoms with van der Waals surface area (Å²) in [6.07, 6.45) is 3.34. The Hall–Kier alpha value is -2.44. The summed E-state index contributed by atoms with van der Waals surface area (Å²) < 4.78 is 10.6. The van der Waals surface area contributed by atoms with Crippen LogP contribution in [0.3, 0.4) is 0 Å². The van der Waals surface area contributed by atoms with Crippen molar-refractivity contribution in [2.75, 3.05) is 46.5 Å². The van der Waals surface area contributed by atoms with Crippen LogP contribution in [-0.2, 0) is 4.74 Å². The Morgan fingerprint density at radius 3 is 2.88 bits per heavy atom. The number of carbonyl (C=O) groups excluding carboxylic acids is 1. The van der Waals surface area contributed by atoms with Gasteiger partial charge in [0, 0.05) is 44.1 Å². The number of benzene rings is 1. The molecule has 1 aromatic heterocycles. The minimum absolute atomic E-state index is 0.106. The number of pyridine rings is 1. The van der Waals surface area contributed by atoms with Crippen LogP contribution in [0.4, 0.5) is 0 Å². The Bertz CT molecular complexity index is 715. The Kier molecular flexibility index (Phi) is 5.98. The number of rotatable bonds is 6. The van der Waals surface area contributed by atoms with E-state index in [1.807, 2.05) is 30.3 Å². The molecule has 0 radical (unpaired) electrons. The molecule has 1 aliphatic heterocycles. The molecule has 0 atom stereocenters. The van der Waals surface area contributed by atoms with Crippen LogP contribution in [0.5, 0.6) is 5.75 Å². The van der Waals surface area contributed by atoms with Crippen LogP contribution in [0.15, 0.2) is 42.7 Å². The third-order valence-corrected chi connectivity index (χ3v) is 4.22. The van der Waals surface area contributed by atoms with Crippen molar-refractivity contribution in [2.45, 2.75) is 0 Å². The summed E-state index contributed by atoms with van der Waals surface area (Å²) in [6, 6.07) is 9.56. The van der Waals surface area contributed by atoms with Crippen LogP contribution in [0.2, 0.25) is 0 Å². The van der Waals surface area contributed by atoms with Gasteiger partial charge in [0.15, 0.2) is 0 Å². The van der Waals surface area contributed by atoms with E-state index < -0.39 is 0 Å². The smallest absolute Gasteiger partial charge is 0.252 e. The zero-order chi connectivity index (χ0) is 17.5. The number of aromatic nitrogens is 1. The Morgan fingerprint density at radius 2 is 2.08 bits per heavy atom. The zero-order valence-corrected chi connectivity index (χ0v) is 14.4. The van der Waals surface area contributed by atoms with Crippen molar-refractivity contribution in [3.63, 3.8) is 0 Å². The quantitative estimate of drug-likeness (QED) is 0.868. The number of methoxy groups -OCH3 is 1. The van der Waals surface area contributed by atoms with E-state index in [1.165, 1.54) is 0 Å². The van der Waals surface area contributed by atoms with Crippen LogP contribution < -0.4 is 10.1 Å². The number of nitrogens with one attached hydrogen (secondary N) is 1. The largest absolute Gasteiger partial charge is 0.497 e. The normalized spacial score (nSPS) is 14.9. The third kappa shape index (κ3) is 4.78. The molecule has 6 heteroatoms. The highest BCUT2D eigenvalue weighted by Crippen LogP contribution is 2.23. The first-order valence-electron chi connectivity index (χ1n) is 8.44. The first-order chi connectivity index (χ1) is 12.3. The maximum atomic E-state index is 12.4. The predicted molar refractivity (Wildman–Crippen MR) is 95.8 cm³/mol. The second-order valence-electron chi connectivity index (χ2n) is 5.90. The molecule has 0 spiro atoms. The molecular weight excluding hydrogens is 318 g/mol. The summed E-state index contributed by atoms with van der Waals surface area (Å²) in [5, 5.41) is 2.96. The summed E-state index contributed by atoms with van der Waals surface area (Å²) >= 11 is 0. The highest BCUT2D eigenvalue weighted by molar-refractivity contribution is 5.95. The fraction of sp³-hybridized carbons (Fsp3) is 0.368. The summed E-state index contributed by atoms with van der Waals surface area (Å²) in [5.41, 5.74) is 2.41. The summed E-state index contributed by atoms with van der Waals surface area (Å²) in [6.45, 7) is 4.81. The van der Waals surface area contributed by atoms with Gasteiger partial charge in [0.25, 0.3) is 5.91 Å². The molecule has 132 valence electrons. The molecule has 1 aliphatic rings. The van der Waals surface area contributed by atoms with Crippen molar-refractivity contribution in [2.24, 2.45) is 0 Å². The fourth-order valence-electron chi connectivity index (χ4n) is 2.78. The van der Waals surface area contributed by atoms with E-state index in [4.69, 9.17) is 9.47 Å². The van der Waals surface area contributed by atoms with E-state index in [-0.39, 0.29) is 5.91 Å². The average molecular weight is 341 g/mol. The standard InChI is InChI=1S/C19H23N3O3/c1-24-18-4-2-3-15(12-18)16-11-17(14-20-13-16)19(23)21-5-6-22-7-9-25-10-8-22/h2-4,11-14H,5-10H2,1H3,(H,21,23). The molecule has 3 rings (SSSR count). The van der Waals surface area contributed by atoms with Crippen molar-refractivity contribution < 1.29 is 14.3 Å². The Morgan fingerprint density at radius 1 is 1.24 bits per heavy atom. The highest BCUT2D eigenvalue weighted by atomic mass is 16.5. The van der Waals surface area contributed by atoms with Gasteiger partial charge in [-0.15, -0.1) is 0 Å². The number of nitrogens with zero attached hydrogens (tertiary/aromatic N) is 2. The first kappa shape index (κ1) is 17.4. The van der Waals surface area contributed by atoms with E-state index in [1.54, 1.807) is 19.5 Å². The maximum absolute atomic E-state index is 12.4. The van der Waals surface area contributed by atoms with E-state index in [0.29, 0.717) is 12.1 Å². The molecule has 2 heterocycles. The number of hydrogen-bond acceptors (Lipinski definition) is 5. The molecule has 0 aliphatic carbocycles. The van der Waals surface area contributed by atoms with Gasteiger partial charge in [-0.2, -0.15) is 0 Å². The topological polar surface area (TPSA) is 63.7 Å². The molecule has 2 aromatic rings. The minimum atomic E-state index is -0.106. The van der Waals surface area contributed by atoms with Gasteiger partial charge in [0.05, 0.1) is 25.9 Å². The third-order valence-electron chi connectivity index (χ3n) is 4.22. The molecule has 0 bridgehead atoms. The number of ether oxygens (including phenoxy) is 2. The van der Waals surface area contributed by atoms with Crippen LogP contribution in [0.1, 0.15) is 10.4 Å². The minimum Gasteiger partial charge on any atom is -0.497 e. The van der Waals surface area contributed by atoms with E-state index in [2.05, 4.69) is 15.2 Å². The SMILES string of the molecule is COc1cccc(-c2cncc(C(=O)NCCN3CCOCC3)c2)c1. The average Bonchev–Trinajstić information content (AvgIpc) is 2.69. The second-order valence-corrected chi connectivity index (χ2v) is 5.90. The lowest BCUT2D eigenvalue weighted by atomic mass is 10.1. The summed E-state index contributed by atoms with van der Waals surface area (Å²) in [5.74, 6) is 0.670. The number of amides is 1. The Balaban J connectivity index is 1.61. The first-order valence-corrected chi connectivity index (χ1v) is 8.44. The van der Waals surface area contributed by atoms with Gasteiger partial charge in [-0.3, -0.25) is 14.7 Å². The van der Waals surface area contributed by atoms with Crippen LogP contribution >= 0.6 is 0 Å². The van der Waals surface area contributed by atoms with Crippen molar-refractivity contribution in [1.29, 1.82) is 0 Å². The van der Waals surface area contributed by atoms with Gasteiger partial charge in [0.2, 0.25) is 0 Å². The van der Waals surface area contributed by atoms with Gasteiger partial charge in [0.1, 0.15) is 5.75 Å². The lowest BCUT2D eigenvalue weighted by molar-refractivity contribution is 0.0383. The lowest BCUT2D eigenvalue weighted by Gasteiger charge is -2.26. The maximum Gasteiger partial charge on any atom is 0.252 e. The van der Waals surface area contributed by atoms with Gasteiger partial charge in [-0.05, 0) is 23.8 Å². The number of morpholine rings is 1. The molecule has 1 amide bonds. The molecule has 1 N–H and O–H groups in total. The van der Waals surface area contributed by atoms with Gasteiger partial charge in [-0.25, -0.2) is 0 Å². The van der Waals surface area contributed by atoms with E-state index >= 15 is 0 Å². The molecule has 6 nitrogen and oxygen atoms in total. The van der Waals surface area contributed by atoms with Gasteiger partial charge in [-0.1, -0.05) is 12.1 Å². The molecule has 25 heavy (non-hydrogen) atoms. The van der Waals surface area contributed by atoms with Crippen LogP contribution in [0.25, 0.3) is 11.1 Å². The van der Waals surface area contributed by atoms with Gasteiger partial charge >= 0.3 is 0 Å². The summed E-state index contributed by atoms with van der Waals surface area (Å²) in [7, 11) is 1.63. The molecular formula is C19H23N3O3. The number of carbonyl (C=O) groups is 1. The fourth-order valence-corrected chi connectivity index (χ4v) is 2.78. The highest BCUT2D eigenvalue weighted by Gasteiger charge is 2.12. The molecule has 0 saturated carbocycles. The van der Waals surface area contributed by atoms with Crippen molar-refractivity contribution >= 4 is 5.91 Å². The van der Waals surface area contributed by atoms with Crippen LogP contribution in [-0.4, -0.2) is 62.3 Å². The van der Waals surface area contributed by atoms with Gasteiger partial charge < -0.3 is 14.8 Å². The monoisotopic (exact) mass is 341 g/mol. The number of hydrogen-bond donors (Lipinski definition) is 1. The molecule has 1 saturated heterocycles. The van der Waals surface area contributed by atoms with Crippen molar-refractivity contribution in [1.82, 2.24) is 15.2 Å². The molecule has 1 aromatic carbocycles. The van der Waals surface area contributed by atoms with Crippen LogP contribution in [0, 0.1) is 0 Å². The predicted octanol–water partition coefficient (Wildman–Crippen LogP) is 1.82. The molecule has 1 fully saturated rings. The second kappa shape index (κ2) is 8.60. The lowest BCUT2D eigenvalue weighted by Crippen LogP contribution is -2.41. The molecule has 0 unspecified atom stereocenters. The Labute approximate surface area is 147 Å². The van der Waals surface area contributed by atoms with Crippen molar-refractivity contribution in [3.8, 4) is 16.9 Å². The zero-order valence-electron chi connectivity index (χ0n) is 14.4. The van der Waals surface area contributed by atoms with Crippen molar-refractivity contribution in [3.05, 3.63) is 48.3 Å².